The number of benzene rings is 1. The van der Waals surface area contributed by atoms with Gasteiger partial charge in [-0.15, -0.1) is 0 Å². The van der Waals surface area contributed by atoms with E-state index in [1.165, 1.54) is 23.4 Å². The Labute approximate surface area is 139 Å². The first-order valence-corrected chi connectivity index (χ1v) is 8.25. The number of H-pyrrole nitrogens is 2. The molecular formula is C15H14N6O2S. The number of aryl methyl sites for hydroxylation is 1. The van der Waals surface area contributed by atoms with Crippen LogP contribution in [-0.2, 0) is 19.8 Å². The Hall–Kier alpha value is -2.81. The van der Waals surface area contributed by atoms with Crippen LogP contribution in [0.25, 0.3) is 22.2 Å². The highest BCUT2D eigenvalue weighted by atomic mass is 32.2. The van der Waals surface area contributed by atoms with Crippen LogP contribution in [0.3, 0.4) is 0 Å². The van der Waals surface area contributed by atoms with Crippen LogP contribution >= 0.6 is 11.8 Å². The van der Waals surface area contributed by atoms with Crippen molar-refractivity contribution in [1.29, 1.82) is 0 Å². The average molecular weight is 342 g/mol. The Morgan fingerprint density at radius 1 is 1.08 bits per heavy atom. The van der Waals surface area contributed by atoms with Crippen molar-refractivity contribution in [2.24, 2.45) is 14.1 Å². The molecule has 1 aromatic carbocycles. The molecule has 0 unspecified atom stereocenters. The fourth-order valence-corrected chi connectivity index (χ4v) is 3.32. The van der Waals surface area contributed by atoms with Gasteiger partial charge in [0, 0.05) is 14.1 Å². The summed E-state index contributed by atoms with van der Waals surface area (Å²) in [6.45, 7) is 0. The normalized spacial score (nSPS) is 11.6. The fraction of sp³-hybridized carbons (Fsp3) is 0.200. The summed E-state index contributed by atoms with van der Waals surface area (Å²) in [6.07, 6.45) is 0. The molecule has 4 rings (SSSR count). The van der Waals surface area contributed by atoms with E-state index < -0.39 is 5.69 Å². The van der Waals surface area contributed by atoms with E-state index in [1.54, 1.807) is 7.05 Å². The summed E-state index contributed by atoms with van der Waals surface area (Å²) in [5.74, 6) is 1.39. The highest BCUT2D eigenvalue weighted by Crippen LogP contribution is 2.21. The van der Waals surface area contributed by atoms with E-state index in [1.807, 2.05) is 24.3 Å². The van der Waals surface area contributed by atoms with Gasteiger partial charge in [0.05, 0.1) is 16.8 Å². The summed E-state index contributed by atoms with van der Waals surface area (Å²) in [7, 11) is 3.05. The summed E-state index contributed by atoms with van der Waals surface area (Å²) in [5, 5.41) is 0.573. The van der Waals surface area contributed by atoms with Gasteiger partial charge in [-0.1, -0.05) is 23.9 Å². The maximum Gasteiger partial charge on any atom is 0.332 e. The molecule has 0 saturated carbocycles. The number of rotatable bonds is 3. The van der Waals surface area contributed by atoms with Crippen LogP contribution in [0.1, 0.15) is 5.82 Å². The lowest BCUT2D eigenvalue weighted by Crippen LogP contribution is -2.36. The van der Waals surface area contributed by atoms with Gasteiger partial charge in [-0.05, 0) is 12.1 Å². The van der Waals surface area contributed by atoms with Gasteiger partial charge in [0.2, 0.25) is 0 Å². The van der Waals surface area contributed by atoms with Crippen molar-refractivity contribution in [3.63, 3.8) is 0 Å². The molecule has 0 saturated heterocycles. The number of aromatic amines is 2. The molecule has 3 heterocycles. The minimum atomic E-state index is -0.396. The van der Waals surface area contributed by atoms with Gasteiger partial charge >= 0.3 is 5.69 Å². The third-order valence-corrected chi connectivity index (χ3v) is 4.74. The lowest BCUT2D eigenvalue weighted by atomic mass is 10.3. The van der Waals surface area contributed by atoms with Crippen LogP contribution in [-0.4, -0.2) is 29.1 Å². The van der Waals surface area contributed by atoms with Crippen molar-refractivity contribution in [3.8, 4) is 0 Å². The summed E-state index contributed by atoms with van der Waals surface area (Å²) in [4.78, 5) is 39.2. The molecule has 0 amide bonds. The number of nitrogens with one attached hydrogen (secondary N) is 2. The van der Waals surface area contributed by atoms with Crippen LogP contribution in [0.5, 0.6) is 0 Å². The largest absolute Gasteiger partial charge is 0.341 e. The molecule has 0 aliphatic heterocycles. The lowest BCUT2D eigenvalue weighted by Gasteiger charge is -2.00. The van der Waals surface area contributed by atoms with Gasteiger partial charge < -0.3 is 9.97 Å². The highest BCUT2D eigenvalue weighted by molar-refractivity contribution is 7.98. The van der Waals surface area contributed by atoms with Gasteiger partial charge in [0.15, 0.2) is 16.3 Å². The number of aromatic nitrogens is 6. The van der Waals surface area contributed by atoms with Crippen LogP contribution < -0.4 is 11.2 Å². The molecule has 0 spiro atoms. The maximum atomic E-state index is 12.2. The zero-order chi connectivity index (χ0) is 16.8. The van der Waals surface area contributed by atoms with E-state index in [0.717, 1.165) is 21.4 Å². The molecule has 0 aliphatic carbocycles. The first kappa shape index (κ1) is 14.8. The molecule has 0 atom stereocenters. The first-order chi connectivity index (χ1) is 11.5. The zero-order valence-corrected chi connectivity index (χ0v) is 13.8. The predicted molar refractivity (Wildman–Crippen MR) is 92.2 cm³/mol. The van der Waals surface area contributed by atoms with Gasteiger partial charge in [-0.25, -0.2) is 14.8 Å². The number of fused-ring (bicyclic) bond motifs is 2. The van der Waals surface area contributed by atoms with Crippen molar-refractivity contribution in [2.75, 3.05) is 0 Å². The standard InChI is InChI=1S/C15H14N6O2S/c1-20-12-11(13(22)21(2)15(20)23)18-14(19-12)24-7-10-16-8-5-3-4-6-9(8)17-10/h3-6H,7H2,1-2H3,(H,16,17)(H,18,19). The van der Waals surface area contributed by atoms with Gasteiger partial charge in [0.25, 0.3) is 5.56 Å². The smallest absolute Gasteiger partial charge is 0.332 e. The van der Waals surface area contributed by atoms with E-state index in [9.17, 15) is 9.59 Å². The monoisotopic (exact) mass is 342 g/mol. The average Bonchev–Trinajstić information content (AvgIpc) is 3.20. The Morgan fingerprint density at radius 3 is 2.67 bits per heavy atom. The SMILES string of the molecule is Cn1c(=O)c2[nH]c(SCc3nc4ccccc4[nH]3)nc2n(C)c1=O. The predicted octanol–water partition coefficient (Wildman–Crippen LogP) is 1.13. The molecule has 4 aromatic rings. The van der Waals surface area contributed by atoms with Crippen LogP contribution in [0, 0.1) is 0 Å². The quantitative estimate of drug-likeness (QED) is 0.544. The molecule has 0 bridgehead atoms. The van der Waals surface area contributed by atoms with E-state index in [4.69, 9.17) is 0 Å². The molecule has 0 aliphatic rings. The Kier molecular flexibility index (Phi) is 3.31. The highest BCUT2D eigenvalue weighted by Gasteiger charge is 2.14. The Balaban J connectivity index is 1.67. The van der Waals surface area contributed by atoms with Crippen LogP contribution in [0.4, 0.5) is 0 Å². The van der Waals surface area contributed by atoms with E-state index in [0.29, 0.717) is 22.1 Å². The minimum Gasteiger partial charge on any atom is -0.341 e. The number of imidazole rings is 2. The third-order valence-electron chi connectivity index (χ3n) is 3.86. The van der Waals surface area contributed by atoms with Gasteiger partial charge in [0.1, 0.15) is 5.82 Å². The molecule has 0 fully saturated rings. The maximum absolute atomic E-state index is 12.2. The third kappa shape index (κ3) is 2.24. The molecule has 3 aromatic heterocycles. The molecule has 24 heavy (non-hydrogen) atoms. The van der Waals surface area contributed by atoms with Gasteiger partial charge in [-0.3, -0.25) is 13.9 Å². The summed E-state index contributed by atoms with van der Waals surface area (Å²) >= 11 is 1.42. The van der Waals surface area contributed by atoms with Crippen LogP contribution in [0.15, 0.2) is 39.0 Å². The Morgan fingerprint density at radius 2 is 1.88 bits per heavy atom. The lowest BCUT2D eigenvalue weighted by molar-refractivity contribution is 0.708. The fourth-order valence-electron chi connectivity index (χ4n) is 2.58. The number of thioether (sulfide) groups is 1. The zero-order valence-electron chi connectivity index (χ0n) is 13.0. The summed E-state index contributed by atoms with van der Waals surface area (Å²) in [6, 6.07) is 7.81. The van der Waals surface area contributed by atoms with Crippen molar-refractivity contribution in [3.05, 3.63) is 50.9 Å². The van der Waals surface area contributed by atoms with E-state index in [-0.39, 0.29) is 5.56 Å². The second kappa shape index (κ2) is 5.38. The number of para-hydroxylation sites is 2. The molecular weight excluding hydrogens is 328 g/mol. The van der Waals surface area contributed by atoms with E-state index >= 15 is 0 Å². The van der Waals surface area contributed by atoms with Gasteiger partial charge in [-0.2, -0.15) is 0 Å². The summed E-state index contributed by atoms with van der Waals surface area (Å²) < 4.78 is 2.42. The molecule has 8 nitrogen and oxygen atoms in total. The molecule has 9 heteroatoms. The second-order valence-electron chi connectivity index (χ2n) is 5.44. The molecule has 2 N–H and O–H groups in total. The Bertz CT molecular complexity index is 1150. The van der Waals surface area contributed by atoms with Crippen molar-refractivity contribution in [1.82, 2.24) is 29.1 Å². The van der Waals surface area contributed by atoms with Crippen molar-refractivity contribution < 1.29 is 0 Å². The summed E-state index contributed by atoms with van der Waals surface area (Å²) in [5.41, 5.74) is 1.80. The van der Waals surface area contributed by atoms with Crippen LogP contribution in [0.2, 0.25) is 0 Å². The number of nitrogens with zero attached hydrogens (tertiary/aromatic N) is 4. The molecule has 122 valence electrons. The van der Waals surface area contributed by atoms with E-state index in [2.05, 4.69) is 19.9 Å². The van der Waals surface area contributed by atoms with Crippen molar-refractivity contribution in [2.45, 2.75) is 10.9 Å². The minimum absolute atomic E-state index is 0.326. The molecule has 0 radical (unpaired) electrons. The number of hydrogen-bond donors (Lipinski definition) is 2. The first-order valence-electron chi connectivity index (χ1n) is 7.27. The number of hydrogen-bond acceptors (Lipinski definition) is 5. The topological polar surface area (TPSA) is 101 Å². The van der Waals surface area contributed by atoms with Crippen molar-refractivity contribution >= 4 is 34.0 Å². The second-order valence-corrected chi connectivity index (χ2v) is 6.40.